The van der Waals surface area contributed by atoms with Crippen LogP contribution in [0.25, 0.3) is 0 Å². The fourth-order valence-electron chi connectivity index (χ4n) is 1.74. The van der Waals surface area contributed by atoms with E-state index in [0.717, 1.165) is 39.3 Å². The van der Waals surface area contributed by atoms with Crippen LogP contribution in [0.4, 0.5) is 0 Å². The Morgan fingerprint density at radius 2 is 2.12 bits per heavy atom. The molecule has 17 heavy (non-hydrogen) atoms. The Balaban J connectivity index is 2.15. The van der Waals surface area contributed by atoms with Crippen molar-refractivity contribution in [3.8, 4) is 0 Å². The SMILES string of the molecule is CCC(C)[C@@H](N)NC(=O)CCN1CCOCC1. The van der Waals surface area contributed by atoms with Gasteiger partial charge in [-0.15, -0.1) is 0 Å². The first kappa shape index (κ1) is 14.4. The maximum Gasteiger partial charge on any atom is 0.222 e. The number of carbonyl (C=O) groups excluding carboxylic acids is 1. The molecule has 0 aromatic heterocycles. The van der Waals surface area contributed by atoms with Gasteiger partial charge in [0.15, 0.2) is 0 Å². The molecule has 0 saturated carbocycles. The number of nitrogens with zero attached hydrogens (tertiary/aromatic N) is 1. The minimum absolute atomic E-state index is 0.0456. The minimum Gasteiger partial charge on any atom is -0.379 e. The predicted octanol–water partition coefficient (Wildman–Crippen LogP) is 0.156. The number of rotatable bonds is 6. The van der Waals surface area contributed by atoms with E-state index in [1.807, 2.05) is 6.92 Å². The van der Waals surface area contributed by atoms with Crippen LogP contribution >= 0.6 is 0 Å². The van der Waals surface area contributed by atoms with Crippen molar-refractivity contribution in [2.75, 3.05) is 32.8 Å². The number of hydrogen-bond acceptors (Lipinski definition) is 4. The summed E-state index contributed by atoms with van der Waals surface area (Å²) < 4.78 is 5.25. The van der Waals surface area contributed by atoms with Crippen LogP contribution in [0, 0.1) is 5.92 Å². The molecule has 2 atom stereocenters. The molecule has 1 unspecified atom stereocenters. The maximum atomic E-state index is 11.7. The van der Waals surface area contributed by atoms with Gasteiger partial charge in [-0.05, 0) is 5.92 Å². The molecule has 0 spiro atoms. The summed E-state index contributed by atoms with van der Waals surface area (Å²) in [6.45, 7) is 8.30. The number of amides is 1. The third-order valence-electron chi connectivity index (χ3n) is 3.34. The zero-order valence-corrected chi connectivity index (χ0v) is 10.9. The Kier molecular flexibility index (Phi) is 6.47. The second kappa shape index (κ2) is 7.63. The molecule has 0 aromatic carbocycles. The van der Waals surface area contributed by atoms with Gasteiger partial charge in [0.25, 0.3) is 0 Å². The van der Waals surface area contributed by atoms with Crippen LogP contribution < -0.4 is 11.1 Å². The van der Waals surface area contributed by atoms with Gasteiger partial charge in [0.05, 0.1) is 19.4 Å². The minimum atomic E-state index is -0.225. The molecule has 1 amide bonds. The van der Waals surface area contributed by atoms with E-state index in [0.29, 0.717) is 12.3 Å². The molecular formula is C12H25N3O2. The van der Waals surface area contributed by atoms with E-state index in [1.54, 1.807) is 0 Å². The quantitative estimate of drug-likeness (QED) is 0.652. The lowest BCUT2D eigenvalue weighted by Gasteiger charge is -2.26. The van der Waals surface area contributed by atoms with Crippen molar-refractivity contribution in [2.24, 2.45) is 11.7 Å². The van der Waals surface area contributed by atoms with Crippen LogP contribution in [0.5, 0.6) is 0 Å². The fourth-order valence-corrected chi connectivity index (χ4v) is 1.74. The van der Waals surface area contributed by atoms with Crippen molar-refractivity contribution in [3.63, 3.8) is 0 Å². The second-order valence-corrected chi connectivity index (χ2v) is 4.68. The average molecular weight is 243 g/mol. The lowest BCUT2D eigenvalue weighted by molar-refractivity contribution is -0.122. The zero-order chi connectivity index (χ0) is 12.7. The molecule has 1 fully saturated rings. The number of nitrogens with one attached hydrogen (secondary N) is 1. The summed E-state index contributed by atoms with van der Waals surface area (Å²) in [4.78, 5) is 13.9. The van der Waals surface area contributed by atoms with Gasteiger partial charge in [0.1, 0.15) is 0 Å². The normalized spacial score (nSPS) is 20.9. The van der Waals surface area contributed by atoms with E-state index in [-0.39, 0.29) is 12.1 Å². The molecule has 1 saturated heterocycles. The first-order valence-corrected chi connectivity index (χ1v) is 6.48. The van der Waals surface area contributed by atoms with Gasteiger partial charge in [0.2, 0.25) is 5.91 Å². The Labute approximate surface area is 104 Å². The van der Waals surface area contributed by atoms with Crippen molar-refractivity contribution in [3.05, 3.63) is 0 Å². The summed E-state index contributed by atoms with van der Waals surface area (Å²) in [7, 11) is 0. The van der Waals surface area contributed by atoms with E-state index in [9.17, 15) is 4.79 Å². The largest absolute Gasteiger partial charge is 0.379 e. The predicted molar refractivity (Wildman–Crippen MR) is 67.4 cm³/mol. The standard InChI is InChI=1S/C12H25N3O2/c1-3-10(2)12(13)14-11(16)4-5-15-6-8-17-9-7-15/h10,12H,3-9,13H2,1-2H3,(H,14,16)/t10?,12-/m0/s1. The molecule has 0 aliphatic carbocycles. The summed E-state index contributed by atoms with van der Waals surface area (Å²) >= 11 is 0. The summed E-state index contributed by atoms with van der Waals surface area (Å²) in [5, 5.41) is 2.85. The summed E-state index contributed by atoms with van der Waals surface area (Å²) in [6.07, 6.45) is 1.27. The monoisotopic (exact) mass is 243 g/mol. The first-order valence-electron chi connectivity index (χ1n) is 6.48. The molecular weight excluding hydrogens is 218 g/mol. The van der Waals surface area contributed by atoms with Gasteiger partial charge in [-0.2, -0.15) is 0 Å². The van der Waals surface area contributed by atoms with Crippen LogP contribution in [-0.2, 0) is 9.53 Å². The number of nitrogens with two attached hydrogens (primary N) is 1. The van der Waals surface area contributed by atoms with E-state index in [1.165, 1.54) is 0 Å². The molecule has 1 aliphatic heterocycles. The summed E-state index contributed by atoms with van der Waals surface area (Å²) in [5.41, 5.74) is 5.87. The maximum absolute atomic E-state index is 11.7. The van der Waals surface area contributed by atoms with Crippen LogP contribution in [0.3, 0.4) is 0 Å². The van der Waals surface area contributed by atoms with Gasteiger partial charge in [-0.3, -0.25) is 9.69 Å². The second-order valence-electron chi connectivity index (χ2n) is 4.68. The van der Waals surface area contributed by atoms with Gasteiger partial charge in [-0.1, -0.05) is 20.3 Å². The van der Waals surface area contributed by atoms with E-state index in [2.05, 4.69) is 17.1 Å². The van der Waals surface area contributed by atoms with Crippen molar-refractivity contribution >= 4 is 5.91 Å². The Morgan fingerprint density at radius 3 is 2.71 bits per heavy atom. The molecule has 0 radical (unpaired) electrons. The Hall–Kier alpha value is -0.650. The lowest BCUT2D eigenvalue weighted by Crippen LogP contribution is -2.47. The molecule has 5 nitrogen and oxygen atoms in total. The number of hydrogen-bond donors (Lipinski definition) is 2. The number of morpholine rings is 1. The van der Waals surface area contributed by atoms with E-state index >= 15 is 0 Å². The Morgan fingerprint density at radius 1 is 1.47 bits per heavy atom. The highest BCUT2D eigenvalue weighted by atomic mass is 16.5. The third kappa shape index (κ3) is 5.48. The molecule has 3 N–H and O–H groups in total. The summed E-state index contributed by atoms with van der Waals surface area (Å²) in [6, 6.07) is 0. The number of ether oxygens (including phenoxy) is 1. The molecule has 1 heterocycles. The van der Waals surface area contributed by atoms with Crippen molar-refractivity contribution < 1.29 is 9.53 Å². The van der Waals surface area contributed by atoms with Crippen molar-refractivity contribution in [2.45, 2.75) is 32.9 Å². The fraction of sp³-hybridized carbons (Fsp3) is 0.917. The van der Waals surface area contributed by atoms with Crippen LogP contribution in [0.1, 0.15) is 26.7 Å². The average Bonchev–Trinajstić information content (AvgIpc) is 2.36. The van der Waals surface area contributed by atoms with Crippen molar-refractivity contribution in [1.29, 1.82) is 0 Å². The Bertz CT molecular complexity index is 230. The molecule has 5 heteroatoms. The molecule has 100 valence electrons. The molecule has 1 aliphatic rings. The highest BCUT2D eigenvalue weighted by Gasteiger charge is 2.15. The van der Waals surface area contributed by atoms with Gasteiger partial charge < -0.3 is 15.8 Å². The van der Waals surface area contributed by atoms with Crippen LogP contribution in [-0.4, -0.2) is 49.8 Å². The smallest absolute Gasteiger partial charge is 0.222 e. The first-order chi connectivity index (χ1) is 8.13. The number of carbonyl (C=O) groups is 1. The van der Waals surface area contributed by atoms with E-state index in [4.69, 9.17) is 10.5 Å². The van der Waals surface area contributed by atoms with Gasteiger partial charge in [0, 0.05) is 26.1 Å². The zero-order valence-electron chi connectivity index (χ0n) is 10.9. The lowest BCUT2D eigenvalue weighted by atomic mass is 10.1. The van der Waals surface area contributed by atoms with E-state index < -0.39 is 0 Å². The van der Waals surface area contributed by atoms with Gasteiger partial charge in [-0.25, -0.2) is 0 Å². The summed E-state index contributed by atoms with van der Waals surface area (Å²) in [5.74, 6) is 0.367. The highest BCUT2D eigenvalue weighted by Crippen LogP contribution is 2.03. The molecule has 0 bridgehead atoms. The topological polar surface area (TPSA) is 67.6 Å². The highest BCUT2D eigenvalue weighted by molar-refractivity contribution is 5.76. The van der Waals surface area contributed by atoms with Gasteiger partial charge >= 0.3 is 0 Å². The third-order valence-corrected chi connectivity index (χ3v) is 3.34. The molecule has 0 aromatic rings. The van der Waals surface area contributed by atoms with Crippen LogP contribution in [0.2, 0.25) is 0 Å². The molecule has 1 rings (SSSR count). The van der Waals surface area contributed by atoms with Crippen LogP contribution in [0.15, 0.2) is 0 Å². The van der Waals surface area contributed by atoms with Crippen molar-refractivity contribution in [1.82, 2.24) is 10.2 Å².